The topological polar surface area (TPSA) is 78.7 Å². The summed E-state index contributed by atoms with van der Waals surface area (Å²) < 4.78 is 12.7. The van der Waals surface area contributed by atoms with Gasteiger partial charge in [0.15, 0.2) is 5.76 Å². The zero-order valence-electron chi connectivity index (χ0n) is 15.9. The molecule has 0 N–H and O–H groups in total. The van der Waals surface area contributed by atoms with E-state index in [0.29, 0.717) is 29.2 Å². The lowest BCUT2D eigenvalue weighted by Crippen LogP contribution is -1.98. The molecule has 0 atom stereocenters. The van der Waals surface area contributed by atoms with Gasteiger partial charge in [-0.15, -0.1) is 0 Å². The predicted octanol–water partition coefficient (Wildman–Crippen LogP) is 5.86. The largest absolute Gasteiger partial charge is 0.488 e. The van der Waals surface area contributed by atoms with Crippen molar-refractivity contribution >= 4 is 33.5 Å². The molecule has 4 rings (SSSR count). The summed E-state index contributed by atoms with van der Waals surface area (Å²) >= 11 is 3.40. The highest BCUT2D eigenvalue weighted by Crippen LogP contribution is 2.39. The van der Waals surface area contributed by atoms with Crippen molar-refractivity contribution in [3.8, 4) is 11.5 Å². The second-order valence-corrected chi connectivity index (χ2v) is 7.69. The Hall–Kier alpha value is -3.45. The molecule has 3 aromatic rings. The van der Waals surface area contributed by atoms with Crippen molar-refractivity contribution in [2.45, 2.75) is 13.5 Å². The van der Waals surface area contributed by atoms with Crippen LogP contribution in [-0.2, 0) is 6.61 Å². The van der Waals surface area contributed by atoms with Crippen LogP contribution < -0.4 is 9.47 Å². The molecule has 0 aromatic heterocycles. The molecule has 6 nitrogen and oxygen atoms in total. The van der Waals surface area contributed by atoms with Crippen LogP contribution in [0.25, 0.3) is 6.08 Å². The van der Waals surface area contributed by atoms with Crippen LogP contribution in [0.4, 0.5) is 5.69 Å². The van der Waals surface area contributed by atoms with Gasteiger partial charge >= 0.3 is 0 Å². The molecule has 7 heteroatoms. The fourth-order valence-electron chi connectivity index (χ4n) is 3.15. The Kier molecular flexibility index (Phi) is 5.37. The average molecular weight is 466 g/mol. The normalized spacial score (nSPS) is 13.8. The first-order valence-electron chi connectivity index (χ1n) is 9.12. The number of hydrogen-bond acceptors (Lipinski definition) is 5. The average Bonchev–Trinajstić information content (AvgIpc) is 3.05. The van der Waals surface area contributed by atoms with Gasteiger partial charge < -0.3 is 9.47 Å². The number of ketones is 1. The Balaban J connectivity index is 1.57. The third-order valence-corrected chi connectivity index (χ3v) is 5.25. The molecule has 150 valence electrons. The molecule has 0 aliphatic carbocycles. The van der Waals surface area contributed by atoms with Gasteiger partial charge in [-0.2, -0.15) is 0 Å². The molecule has 0 radical (unpaired) electrons. The Morgan fingerprint density at radius 3 is 2.63 bits per heavy atom. The van der Waals surface area contributed by atoms with Gasteiger partial charge in [0.05, 0.1) is 10.5 Å². The number of nitro benzene ring substituents is 1. The summed E-state index contributed by atoms with van der Waals surface area (Å²) in [6.45, 7) is 2.22. The monoisotopic (exact) mass is 465 g/mol. The highest BCUT2D eigenvalue weighted by Gasteiger charge is 2.30. The Morgan fingerprint density at radius 1 is 1.13 bits per heavy atom. The van der Waals surface area contributed by atoms with E-state index in [4.69, 9.17) is 9.47 Å². The molecule has 30 heavy (non-hydrogen) atoms. The fourth-order valence-corrected chi connectivity index (χ4v) is 3.41. The Morgan fingerprint density at radius 2 is 1.90 bits per heavy atom. The summed E-state index contributed by atoms with van der Waals surface area (Å²) in [5.74, 6) is 0.934. The van der Waals surface area contributed by atoms with Crippen molar-refractivity contribution in [3.05, 3.63) is 103 Å². The number of benzene rings is 3. The number of ether oxygens (including phenoxy) is 2. The number of halogens is 1. The van der Waals surface area contributed by atoms with E-state index < -0.39 is 4.92 Å². The zero-order valence-corrected chi connectivity index (χ0v) is 17.5. The number of rotatable bonds is 5. The van der Waals surface area contributed by atoms with Crippen molar-refractivity contribution in [1.29, 1.82) is 0 Å². The molecular weight excluding hydrogens is 450 g/mol. The minimum absolute atomic E-state index is 0.0490. The second kappa shape index (κ2) is 8.12. The van der Waals surface area contributed by atoms with Crippen LogP contribution in [0.1, 0.15) is 27.0 Å². The maximum absolute atomic E-state index is 12.7. The highest BCUT2D eigenvalue weighted by molar-refractivity contribution is 9.10. The number of nitrogens with zero attached hydrogens (tertiary/aromatic N) is 1. The lowest BCUT2D eigenvalue weighted by molar-refractivity contribution is -0.384. The molecule has 0 unspecified atom stereocenters. The standard InChI is InChI=1S/C23H16BrNO5/c1-14-20(29-13-15-5-7-17(24)8-6-15)10-9-19-22(26)21(30-23(14)19)12-16-3-2-4-18(11-16)25(27)28/h2-12H,13H2,1H3/b21-12-. The second-order valence-electron chi connectivity index (χ2n) is 6.77. The predicted molar refractivity (Wildman–Crippen MR) is 116 cm³/mol. The van der Waals surface area contributed by atoms with E-state index in [-0.39, 0.29) is 17.2 Å². The molecule has 3 aromatic carbocycles. The van der Waals surface area contributed by atoms with Crippen LogP contribution in [0.3, 0.4) is 0 Å². The van der Waals surface area contributed by atoms with Crippen LogP contribution in [0.15, 0.2) is 70.9 Å². The van der Waals surface area contributed by atoms with Gasteiger partial charge in [-0.25, -0.2) is 0 Å². The van der Waals surface area contributed by atoms with E-state index in [1.165, 1.54) is 18.2 Å². The van der Waals surface area contributed by atoms with Crippen molar-refractivity contribution < 1.29 is 19.2 Å². The number of carbonyl (C=O) groups is 1. The molecule has 1 aliphatic heterocycles. The fraction of sp³-hybridized carbons (Fsp3) is 0.0870. The molecule has 1 heterocycles. The number of allylic oxidation sites excluding steroid dienone is 1. The highest BCUT2D eigenvalue weighted by atomic mass is 79.9. The smallest absolute Gasteiger partial charge is 0.270 e. The maximum Gasteiger partial charge on any atom is 0.270 e. The van der Waals surface area contributed by atoms with E-state index in [2.05, 4.69) is 15.9 Å². The lowest BCUT2D eigenvalue weighted by atomic mass is 10.1. The SMILES string of the molecule is Cc1c(OCc2ccc(Br)cc2)ccc2c1O/C(=C\c1cccc([N+](=O)[O-])c1)C2=O. The third kappa shape index (κ3) is 3.97. The molecule has 0 saturated heterocycles. The van der Waals surface area contributed by atoms with E-state index in [9.17, 15) is 14.9 Å². The first kappa shape index (κ1) is 19.8. The summed E-state index contributed by atoms with van der Waals surface area (Å²) in [5.41, 5.74) is 2.65. The van der Waals surface area contributed by atoms with Crippen LogP contribution in [0.5, 0.6) is 11.5 Å². The first-order chi connectivity index (χ1) is 14.4. The first-order valence-corrected chi connectivity index (χ1v) is 9.91. The van der Waals surface area contributed by atoms with Crippen LogP contribution in [-0.4, -0.2) is 10.7 Å². The van der Waals surface area contributed by atoms with Gasteiger partial charge in [0.2, 0.25) is 5.78 Å². The molecule has 0 bridgehead atoms. The van der Waals surface area contributed by atoms with E-state index in [1.807, 2.05) is 31.2 Å². The molecule has 0 saturated carbocycles. The van der Waals surface area contributed by atoms with Crippen LogP contribution >= 0.6 is 15.9 Å². The molecular formula is C23H16BrNO5. The summed E-state index contributed by atoms with van der Waals surface area (Å²) in [6, 6.07) is 17.3. The van der Waals surface area contributed by atoms with Gasteiger partial charge in [0, 0.05) is 22.2 Å². The van der Waals surface area contributed by atoms with E-state index in [1.54, 1.807) is 24.3 Å². The summed E-state index contributed by atoms with van der Waals surface area (Å²) in [5, 5.41) is 11.0. The van der Waals surface area contributed by atoms with Crippen molar-refractivity contribution in [2.24, 2.45) is 0 Å². The van der Waals surface area contributed by atoms with Crippen molar-refractivity contribution in [3.63, 3.8) is 0 Å². The van der Waals surface area contributed by atoms with Gasteiger partial charge in [0.25, 0.3) is 5.69 Å². The minimum atomic E-state index is -0.479. The number of carbonyl (C=O) groups excluding carboxylic acids is 1. The van der Waals surface area contributed by atoms with Crippen LogP contribution in [0, 0.1) is 17.0 Å². The van der Waals surface area contributed by atoms with Crippen molar-refractivity contribution in [1.82, 2.24) is 0 Å². The van der Waals surface area contributed by atoms with E-state index >= 15 is 0 Å². The van der Waals surface area contributed by atoms with Gasteiger partial charge in [0.1, 0.15) is 18.1 Å². The number of non-ortho nitro benzene ring substituents is 1. The lowest BCUT2D eigenvalue weighted by Gasteiger charge is -2.11. The number of Topliss-reactive ketones (excluding diaryl/α,β-unsaturated/α-hetero) is 1. The number of fused-ring (bicyclic) bond motifs is 1. The summed E-state index contributed by atoms with van der Waals surface area (Å²) in [4.78, 5) is 23.2. The summed E-state index contributed by atoms with van der Waals surface area (Å²) in [7, 11) is 0. The third-order valence-electron chi connectivity index (χ3n) is 4.72. The molecule has 0 amide bonds. The van der Waals surface area contributed by atoms with Crippen LogP contribution in [0.2, 0.25) is 0 Å². The van der Waals surface area contributed by atoms with Gasteiger partial charge in [-0.05, 0) is 48.4 Å². The Labute approximate surface area is 181 Å². The molecule has 1 aliphatic rings. The number of hydrogen-bond donors (Lipinski definition) is 0. The Bertz CT molecular complexity index is 1180. The van der Waals surface area contributed by atoms with Gasteiger partial charge in [-0.3, -0.25) is 14.9 Å². The molecule has 0 fully saturated rings. The minimum Gasteiger partial charge on any atom is -0.488 e. The summed E-state index contributed by atoms with van der Waals surface area (Å²) in [6.07, 6.45) is 1.51. The number of nitro groups is 1. The quantitative estimate of drug-likeness (QED) is 0.267. The molecule has 0 spiro atoms. The maximum atomic E-state index is 12.7. The van der Waals surface area contributed by atoms with Crippen molar-refractivity contribution in [2.75, 3.05) is 0 Å². The zero-order chi connectivity index (χ0) is 21.3. The van der Waals surface area contributed by atoms with Gasteiger partial charge in [-0.1, -0.05) is 40.2 Å². The van der Waals surface area contributed by atoms with E-state index in [0.717, 1.165) is 15.6 Å².